The Morgan fingerprint density at radius 3 is 2.66 bits per heavy atom. The van der Waals surface area contributed by atoms with E-state index in [1.165, 1.54) is 17.0 Å². The Labute approximate surface area is 201 Å². The van der Waals surface area contributed by atoms with Crippen molar-refractivity contribution in [1.82, 2.24) is 15.1 Å². The molecule has 12 heteroatoms. The number of aromatic nitrogens is 2. The average Bonchev–Trinajstić information content (AvgIpc) is 3.53. The number of carbonyl (C=O) groups excluding carboxylic acids is 1. The number of urea groups is 1. The molecule has 184 valence electrons. The third-order valence-corrected chi connectivity index (χ3v) is 7.20. The van der Waals surface area contributed by atoms with Crippen molar-refractivity contribution in [3.63, 3.8) is 0 Å². The summed E-state index contributed by atoms with van der Waals surface area (Å²) in [6.45, 7) is 1.18. The number of alkyl halides is 2. The molecule has 8 nitrogen and oxygen atoms in total. The van der Waals surface area contributed by atoms with Crippen LogP contribution in [0.4, 0.5) is 23.7 Å². The van der Waals surface area contributed by atoms with Gasteiger partial charge in [-0.3, -0.25) is 9.11 Å². The van der Waals surface area contributed by atoms with Gasteiger partial charge in [-0.25, -0.2) is 9.18 Å². The van der Waals surface area contributed by atoms with Gasteiger partial charge in [0, 0.05) is 58.6 Å². The SMILES string of the molecule is O=C(N1CCS(=O)CC1)N(Cc1ccc(-c2nnc(C(F)F)o2)cc1F)c1ccc2c(c1)CCO2. The van der Waals surface area contributed by atoms with Gasteiger partial charge in [0.2, 0.25) is 5.89 Å². The molecule has 3 aromatic rings. The number of carbonyl (C=O) groups is 1. The summed E-state index contributed by atoms with van der Waals surface area (Å²) in [5.74, 6) is -0.172. The first-order valence-electron chi connectivity index (χ1n) is 11.0. The molecule has 2 aliphatic heterocycles. The molecule has 2 aromatic carbocycles. The smallest absolute Gasteiger partial charge is 0.324 e. The van der Waals surface area contributed by atoms with Crippen LogP contribution in [0.25, 0.3) is 11.5 Å². The molecule has 2 aliphatic rings. The second kappa shape index (κ2) is 9.68. The molecular formula is C23H21F3N4O4S. The molecule has 0 spiro atoms. The van der Waals surface area contributed by atoms with Crippen LogP contribution in [0, 0.1) is 5.82 Å². The van der Waals surface area contributed by atoms with Gasteiger partial charge < -0.3 is 14.1 Å². The highest BCUT2D eigenvalue weighted by Gasteiger charge is 2.28. The summed E-state index contributed by atoms with van der Waals surface area (Å²) in [7, 11) is -0.955. The largest absolute Gasteiger partial charge is 0.493 e. The fourth-order valence-electron chi connectivity index (χ4n) is 4.03. The maximum Gasteiger partial charge on any atom is 0.324 e. The van der Waals surface area contributed by atoms with E-state index >= 15 is 4.39 Å². The number of hydrogen-bond acceptors (Lipinski definition) is 6. The van der Waals surface area contributed by atoms with Gasteiger partial charge in [-0.1, -0.05) is 6.07 Å². The molecule has 1 aromatic heterocycles. The highest BCUT2D eigenvalue weighted by atomic mass is 32.2. The first-order chi connectivity index (χ1) is 16.9. The number of rotatable bonds is 5. The molecule has 2 amide bonds. The van der Waals surface area contributed by atoms with Crippen LogP contribution in [0.2, 0.25) is 0 Å². The zero-order valence-electron chi connectivity index (χ0n) is 18.5. The van der Waals surface area contributed by atoms with Crippen molar-refractivity contribution in [3.05, 3.63) is 59.2 Å². The third-order valence-electron chi connectivity index (χ3n) is 5.92. The first-order valence-corrected chi connectivity index (χ1v) is 12.5. The van der Waals surface area contributed by atoms with Crippen molar-refractivity contribution in [2.45, 2.75) is 19.4 Å². The predicted molar refractivity (Wildman–Crippen MR) is 121 cm³/mol. The van der Waals surface area contributed by atoms with E-state index in [0.717, 1.165) is 17.4 Å². The molecule has 1 fully saturated rings. The fourth-order valence-corrected chi connectivity index (χ4v) is 5.08. The maximum absolute atomic E-state index is 15.1. The van der Waals surface area contributed by atoms with E-state index < -0.39 is 28.9 Å². The minimum absolute atomic E-state index is 0.0731. The Morgan fingerprint density at radius 2 is 1.94 bits per heavy atom. The zero-order chi connectivity index (χ0) is 24.5. The molecule has 0 unspecified atom stereocenters. The molecule has 5 rings (SSSR count). The summed E-state index contributed by atoms with van der Waals surface area (Å²) in [6.07, 6.45) is -2.22. The standard InChI is InChI=1S/C23H21F3N4O4S/c24-18-12-15(21-27-28-22(34-21)20(25)26)1-2-16(18)13-30(23(31)29-6-9-35(32)10-7-29)17-3-4-19-14(11-17)5-8-33-19/h1-4,11-12,20H,5-10,13H2. The first kappa shape index (κ1) is 23.3. The zero-order valence-corrected chi connectivity index (χ0v) is 19.3. The number of ether oxygens (including phenoxy) is 1. The van der Waals surface area contributed by atoms with Crippen molar-refractivity contribution >= 4 is 22.5 Å². The van der Waals surface area contributed by atoms with Crippen molar-refractivity contribution in [2.75, 3.05) is 36.1 Å². The van der Waals surface area contributed by atoms with Gasteiger partial charge in [-0.15, -0.1) is 10.2 Å². The van der Waals surface area contributed by atoms with E-state index in [0.29, 0.717) is 43.3 Å². The summed E-state index contributed by atoms with van der Waals surface area (Å²) in [5.41, 5.74) is 1.92. The van der Waals surface area contributed by atoms with E-state index in [1.807, 2.05) is 6.07 Å². The lowest BCUT2D eigenvalue weighted by Crippen LogP contribution is -2.48. The van der Waals surface area contributed by atoms with Gasteiger partial charge in [-0.2, -0.15) is 8.78 Å². The molecule has 3 heterocycles. The Bertz CT molecular complexity index is 1280. The Balaban J connectivity index is 1.43. The minimum Gasteiger partial charge on any atom is -0.493 e. The molecular weight excluding hydrogens is 485 g/mol. The van der Waals surface area contributed by atoms with Crippen LogP contribution >= 0.6 is 0 Å². The van der Waals surface area contributed by atoms with Gasteiger partial charge in [0.15, 0.2) is 0 Å². The second-order valence-electron chi connectivity index (χ2n) is 8.15. The van der Waals surface area contributed by atoms with Crippen molar-refractivity contribution in [2.24, 2.45) is 0 Å². The van der Waals surface area contributed by atoms with Gasteiger partial charge in [0.1, 0.15) is 11.6 Å². The van der Waals surface area contributed by atoms with Gasteiger partial charge in [0.05, 0.1) is 13.2 Å². The summed E-state index contributed by atoms with van der Waals surface area (Å²) < 4.78 is 62.8. The van der Waals surface area contributed by atoms with E-state index in [-0.39, 0.29) is 29.6 Å². The van der Waals surface area contributed by atoms with Gasteiger partial charge in [-0.05, 0) is 35.9 Å². The number of nitrogens with zero attached hydrogens (tertiary/aromatic N) is 4. The number of benzene rings is 2. The van der Waals surface area contributed by atoms with Crippen LogP contribution in [0.1, 0.15) is 23.4 Å². The second-order valence-corrected chi connectivity index (χ2v) is 9.84. The lowest BCUT2D eigenvalue weighted by molar-refractivity contribution is 0.116. The van der Waals surface area contributed by atoms with E-state index in [2.05, 4.69) is 10.2 Å². The Morgan fingerprint density at radius 1 is 1.14 bits per heavy atom. The van der Waals surface area contributed by atoms with Crippen LogP contribution < -0.4 is 9.64 Å². The fraction of sp³-hybridized carbons (Fsp3) is 0.348. The third kappa shape index (κ3) is 4.88. The van der Waals surface area contributed by atoms with Gasteiger partial charge in [0.25, 0.3) is 5.89 Å². The topological polar surface area (TPSA) is 88.8 Å². The van der Waals surface area contributed by atoms with Crippen molar-refractivity contribution in [3.8, 4) is 17.2 Å². The predicted octanol–water partition coefficient (Wildman–Crippen LogP) is 3.94. The highest BCUT2D eigenvalue weighted by molar-refractivity contribution is 7.85. The normalized spacial score (nSPS) is 15.8. The number of fused-ring (bicyclic) bond motifs is 1. The molecule has 0 saturated carbocycles. The minimum atomic E-state index is -2.93. The van der Waals surface area contributed by atoms with E-state index in [9.17, 15) is 17.8 Å². The van der Waals surface area contributed by atoms with E-state index in [1.54, 1.807) is 17.0 Å². The average molecular weight is 507 g/mol. The van der Waals surface area contributed by atoms with Crippen LogP contribution in [-0.4, -0.2) is 56.5 Å². The Hall–Kier alpha value is -3.41. The van der Waals surface area contributed by atoms with Crippen molar-refractivity contribution in [1.29, 1.82) is 0 Å². The monoisotopic (exact) mass is 506 g/mol. The lowest BCUT2D eigenvalue weighted by atomic mass is 10.1. The quantitative estimate of drug-likeness (QED) is 0.521. The number of halogens is 3. The number of anilines is 1. The lowest BCUT2D eigenvalue weighted by Gasteiger charge is -2.33. The van der Waals surface area contributed by atoms with E-state index in [4.69, 9.17) is 9.15 Å². The molecule has 0 N–H and O–H groups in total. The van der Waals surface area contributed by atoms with Crippen LogP contribution in [0.5, 0.6) is 5.75 Å². The highest BCUT2D eigenvalue weighted by Crippen LogP contribution is 2.32. The summed E-state index contributed by atoms with van der Waals surface area (Å²) in [4.78, 5) is 16.6. The summed E-state index contributed by atoms with van der Waals surface area (Å²) in [5, 5.41) is 6.81. The Kier molecular flexibility index (Phi) is 6.46. The number of hydrogen-bond donors (Lipinski definition) is 0. The molecule has 35 heavy (non-hydrogen) atoms. The molecule has 0 aliphatic carbocycles. The molecule has 1 saturated heterocycles. The maximum atomic E-state index is 15.1. The van der Waals surface area contributed by atoms with Crippen LogP contribution in [0.3, 0.4) is 0 Å². The summed E-state index contributed by atoms with van der Waals surface area (Å²) in [6, 6.07) is 9.13. The van der Waals surface area contributed by atoms with Crippen LogP contribution in [-0.2, 0) is 23.8 Å². The van der Waals surface area contributed by atoms with Crippen molar-refractivity contribution < 1.29 is 31.3 Å². The molecule has 0 bridgehead atoms. The van der Waals surface area contributed by atoms with Gasteiger partial charge >= 0.3 is 12.5 Å². The molecule has 0 atom stereocenters. The molecule has 0 radical (unpaired) electrons. The summed E-state index contributed by atoms with van der Waals surface area (Å²) >= 11 is 0. The number of amides is 2. The van der Waals surface area contributed by atoms with Crippen LogP contribution in [0.15, 0.2) is 40.8 Å².